The van der Waals surface area contributed by atoms with Crippen LogP contribution in [0.1, 0.15) is 23.7 Å². The molecule has 0 amide bonds. The van der Waals surface area contributed by atoms with E-state index >= 15 is 0 Å². The molecule has 0 heterocycles. The van der Waals surface area contributed by atoms with E-state index in [1.165, 1.54) is 18.2 Å². The number of nitriles is 1. The molecule has 0 spiro atoms. The van der Waals surface area contributed by atoms with Crippen molar-refractivity contribution in [3.63, 3.8) is 0 Å². The summed E-state index contributed by atoms with van der Waals surface area (Å²) >= 11 is 5.77. The minimum absolute atomic E-state index is 0.229. The number of halogens is 1. The van der Waals surface area contributed by atoms with Gasteiger partial charge in [0.2, 0.25) is 0 Å². The molecule has 0 radical (unpaired) electrons. The number of carbonyl (C=O) groups is 1. The van der Waals surface area contributed by atoms with E-state index < -0.39 is 18.2 Å². The molecule has 0 aliphatic rings. The summed E-state index contributed by atoms with van der Waals surface area (Å²) in [4.78, 5) is 10.7. The summed E-state index contributed by atoms with van der Waals surface area (Å²) in [5.41, 5.74) is 0.587. The summed E-state index contributed by atoms with van der Waals surface area (Å²) in [7, 11) is 0. The SMILES string of the molecule is N#CCC(O)C(O)c1cc(Cl)ccc1CC(=O)O. The third kappa shape index (κ3) is 3.70. The van der Waals surface area contributed by atoms with Crippen molar-refractivity contribution in [2.75, 3.05) is 0 Å². The van der Waals surface area contributed by atoms with Gasteiger partial charge in [-0.15, -0.1) is 0 Å². The predicted molar refractivity (Wildman–Crippen MR) is 64.0 cm³/mol. The van der Waals surface area contributed by atoms with E-state index in [0.717, 1.165) is 0 Å². The molecule has 2 unspecified atom stereocenters. The van der Waals surface area contributed by atoms with Crippen LogP contribution in [-0.4, -0.2) is 27.4 Å². The fourth-order valence-corrected chi connectivity index (χ4v) is 1.76. The number of hydrogen-bond donors (Lipinski definition) is 3. The minimum Gasteiger partial charge on any atom is -0.481 e. The normalized spacial score (nSPS) is 13.7. The van der Waals surface area contributed by atoms with Gasteiger partial charge in [0.1, 0.15) is 6.10 Å². The maximum Gasteiger partial charge on any atom is 0.307 e. The van der Waals surface area contributed by atoms with Crippen molar-refractivity contribution in [1.29, 1.82) is 5.26 Å². The van der Waals surface area contributed by atoms with Crippen molar-refractivity contribution in [3.8, 4) is 6.07 Å². The van der Waals surface area contributed by atoms with Crippen LogP contribution in [0.3, 0.4) is 0 Å². The van der Waals surface area contributed by atoms with E-state index in [4.69, 9.17) is 22.0 Å². The average molecular weight is 270 g/mol. The van der Waals surface area contributed by atoms with Crippen LogP contribution in [0.2, 0.25) is 5.02 Å². The van der Waals surface area contributed by atoms with E-state index in [2.05, 4.69) is 0 Å². The smallest absolute Gasteiger partial charge is 0.307 e. The lowest BCUT2D eigenvalue weighted by Crippen LogP contribution is -2.19. The van der Waals surface area contributed by atoms with Crippen LogP contribution < -0.4 is 0 Å². The standard InChI is InChI=1S/C12H12ClNO4/c13-8-2-1-7(5-11(16)17)9(6-8)12(18)10(15)3-4-14/h1-2,6,10,12,15,18H,3,5H2,(H,16,17). The Morgan fingerprint density at radius 2 is 2.11 bits per heavy atom. The van der Waals surface area contributed by atoms with Gasteiger partial charge in [-0.25, -0.2) is 0 Å². The fourth-order valence-electron chi connectivity index (χ4n) is 1.58. The van der Waals surface area contributed by atoms with E-state index in [9.17, 15) is 15.0 Å². The van der Waals surface area contributed by atoms with Gasteiger partial charge in [-0.3, -0.25) is 4.79 Å². The number of carboxylic acid groups (broad SMARTS) is 1. The molecule has 0 saturated carbocycles. The predicted octanol–water partition coefficient (Wildman–Crippen LogP) is 1.28. The third-order valence-electron chi connectivity index (χ3n) is 2.43. The monoisotopic (exact) mass is 269 g/mol. The largest absolute Gasteiger partial charge is 0.481 e. The Bertz CT molecular complexity index is 483. The molecular weight excluding hydrogens is 258 g/mol. The zero-order chi connectivity index (χ0) is 13.7. The number of aliphatic carboxylic acids is 1. The number of benzene rings is 1. The van der Waals surface area contributed by atoms with Gasteiger partial charge >= 0.3 is 5.97 Å². The van der Waals surface area contributed by atoms with Crippen LogP contribution in [-0.2, 0) is 11.2 Å². The Morgan fingerprint density at radius 1 is 1.44 bits per heavy atom. The van der Waals surface area contributed by atoms with Gasteiger partial charge in [-0.05, 0) is 23.3 Å². The number of rotatable bonds is 5. The molecular formula is C12H12ClNO4. The molecule has 1 rings (SSSR count). The number of aliphatic hydroxyl groups is 2. The second-order valence-electron chi connectivity index (χ2n) is 3.79. The molecule has 5 nitrogen and oxygen atoms in total. The van der Waals surface area contributed by atoms with Crippen molar-refractivity contribution >= 4 is 17.6 Å². The maximum atomic E-state index is 10.7. The lowest BCUT2D eigenvalue weighted by Gasteiger charge is -2.18. The van der Waals surface area contributed by atoms with E-state index in [1.54, 1.807) is 6.07 Å². The topological polar surface area (TPSA) is 102 Å². The summed E-state index contributed by atoms with van der Waals surface area (Å²) in [5.74, 6) is -1.06. The highest BCUT2D eigenvalue weighted by atomic mass is 35.5. The van der Waals surface area contributed by atoms with Crippen LogP contribution in [0, 0.1) is 11.3 Å². The summed E-state index contributed by atoms with van der Waals surface area (Å²) in [6, 6.07) is 6.11. The minimum atomic E-state index is -1.34. The average Bonchev–Trinajstić information content (AvgIpc) is 2.30. The quantitative estimate of drug-likeness (QED) is 0.747. The van der Waals surface area contributed by atoms with E-state index in [0.29, 0.717) is 10.6 Å². The molecule has 0 aliphatic carbocycles. The van der Waals surface area contributed by atoms with E-state index in [1.807, 2.05) is 0 Å². The highest BCUT2D eigenvalue weighted by Gasteiger charge is 2.22. The molecule has 18 heavy (non-hydrogen) atoms. The van der Waals surface area contributed by atoms with Crippen molar-refractivity contribution in [2.24, 2.45) is 0 Å². The van der Waals surface area contributed by atoms with Crippen LogP contribution in [0.5, 0.6) is 0 Å². The Kier molecular flexibility index (Phi) is 5.10. The number of hydrogen-bond acceptors (Lipinski definition) is 4. The molecule has 2 atom stereocenters. The molecule has 0 aromatic heterocycles. The number of carboxylic acids is 1. The van der Waals surface area contributed by atoms with Crippen LogP contribution >= 0.6 is 11.6 Å². The third-order valence-corrected chi connectivity index (χ3v) is 2.67. The molecule has 3 N–H and O–H groups in total. The number of aliphatic hydroxyl groups excluding tert-OH is 2. The zero-order valence-electron chi connectivity index (χ0n) is 9.38. The molecule has 0 aliphatic heterocycles. The second kappa shape index (κ2) is 6.36. The molecule has 96 valence electrons. The molecule has 1 aromatic rings. The Balaban J connectivity index is 3.08. The summed E-state index contributed by atoms with van der Waals surface area (Å²) in [6.45, 7) is 0. The fraction of sp³-hybridized carbons (Fsp3) is 0.333. The van der Waals surface area contributed by atoms with Gasteiger partial charge in [0.15, 0.2) is 0 Å². The van der Waals surface area contributed by atoms with Crippen molar-refractivity contribution in [2.45, 2.75) is 25.0 Å². The van der Waals surface area contributed by atoms with Gasteiger partial charge in [0.25, 0.3) is 0 Å². The summed E-state index contributed by atoms with van der Waals surface area (Å²) in [6.07, 6.45) is -3.15. The Morgan fingerprint density at radius 3 is 2.67 bits per heavy atom. The molecule has 0 bridgehead atoms. The van der Waals surface area contributed by atoms with E-state index in [-0.39, 0.29) is 18.4 Å². The maximum absolute atomic E-state index is 10.7. The molecule has 1 aromatic carbocycles. The first-order valence-corrected chi connectivity index (χ1v) is 5.56. The second-order valence-corrected chi connectivity index (χ2v) is 4.22. The zero-order valence-corrected chi connectivity index (χ0v) is 10.1. The Hall–Kier alpha value is -1.61. The molecule has 0 saturated heterocycles. The lowest BCUT2D eigenvalue weighted by molar-refractivity contribution is -0.136. The molecule has 0 fully saturated rings. The highest BCUT2D eigenvalue weighted by molar-refractivity contribution is 6.30. The van der Waals surface area contributed by atoms with Crippen molar-refractivity contribution < 1.29 is 20.1 Å². The first kappa shape index (κ1) is 14.5. The highest BCUT2D eigenvalue weighted by Crippen LogP contribution is 2.26. The Labute approximate surface area is 109 Å². The van der Waals surface area contributed by atoms with Gasteiger partial charge in [0, 0.05) is 5.02 Å². The molecule has 6 heteroatoms. The first-order chi connectivity index (χ1) is 8.45. The van der Waals surface area contributed by atoms with Crippen LogP contribution in [0.25, 0.3) is 0 Å². The van der Waals surface area contributed by atoms with Gasteiger partial charge in [0.05, 0.1) is 25.0 Å². The van der Waals surface area contributed by atoms with Crippen molar-refractivity contribution in [1.82, 2.24) is 0 Å². The van der Waals surface area contributed by atoms with Gasteiger partial charge in [-0.2, -0.15) is 5.26 Å². The summed E-state index contributed by atoms with van der Waals surface area (Å²) in [5, 5.41) is 37.0. The van der Waals surface area contributed by atoms with Gasteiger partial charge in [-0.1, -0.05) is 17.7 Å². The summed E-state index contributed by atoms with van der Waals surface area (Å²) < 4.78 is 0. The van der Waals surface area contributed by atoms with Gasteiger partial charge < -0.3 is 15.3 Å². The van der Waals surface area contributed by atoms with Crippen LogP contribution in [0.4, 0.5) is 0 Å². The first-order valence-electron chi connectivity index (χ1n) is 5.19. The van der Waals surface area contributed by atoms with Crippen molar-refractivity contribution in [3.05, 3.63) is 34.3 Å². The number of nitrogens with zero attached hydrogens (tertiary/aromatic N) is 1. The van der Waals surface area contributed by atoms with Crippen LogP contribution in [0.15, 0.2) is 18.2 Å². The lowest BCUT2D eigenvalue weighted by atomic mass is 9.95.